The van der Waals surface area contributed by atoms with Gasteiger partial charge in [0.2, 0.25) is 5.91 Å². The number of aliphatic hydroxyl groups excluding tert-OH is 1. The minimum absolute atomic E-state index is 0.0860. The van der Waals surface area contributed by atoms with Crippen LogP contribution >= 0.6 is 0 Å². The summed E-state index contributed by atoms with van der Waals surface area (Å²) in [6.45, 7) is 0.143. The van der Waals surface area contributed by atoms with Crippen molar-refractivity contribution in [2.75, 3.05) is 6.61 Å². The summed E-state index contributed by atoms with van der Waals surface area (Å²) < 4.78 is 0. The fraction of sp³-hybridized carbons (Fsp3) is 0.647. The van der Waals surface area contributed by atoms with E-state index in [0.29, 0.717) is 18.8 Å². The molecule has 0 radical (unpaired) electrons. The Hall–Kier alpha value is -1.42. The quantitative estimate of drug-likeness (QED) is 0.811. The van der Waals surface area contributed by atoms with Gasteiger partial charge in [-0.25, -0.2) is 0 Å². The standard InChI is InChI=1S/C17H26N2O2/c20-12-10-16(15-6-2-1-3-7-15)19-17(21)9-8-14-5-4-11-18-13-14/h4-5,11,13,15-16,20H,1-3,6-10,12H2,(H,19,21). The Balaban J connectivity index is 1.80. The van der Waals surface area contributed by atoms with Crippen molar-refractivity contribution in [3.05, 3.63) is 30.1 Å². The molecule has 1 aliphatic rings. The van der Waals surface area contributed by atoms with Gasteiger partial charge < -0.3 is 10.4 Å². The lowest BCUT2D eigenvalue weighted by Gasteiger charge is -2.30. The van der Waals surface area contributed by atoms with Gasteiger partial charge in [-0.3, -0.25) is 9.78 Å². The van der Waals surface area contributed by atoms with Gasteiger partial charge in [0.1, 0.15) is 0 Å². The number of aryl methyl sites for hydroxylation is 1. The fourth-order valence-corrected chi connectivity index (χ4v) is 3.18. The number of nitrogens with one attached hydrogen (secondary N) is 1. The summed E-state index contributed by atoms with van der Waals surface area (Å²) in [6.07, 6.45) is 11.6. The summed E-state index contributed by atoms with van der Waals surface area (Å²) in [5.41, 5.74) is 1.09. The number of hydrogen-bond acceptors (Lipinski definition) is 3. The Bertz CT molecular complexity index is 416. The van der Waals surface area contributed by atoms with Crippen LogP contribution in [-0.2, 0) is 11.2 Å². The molecule has 116 valence electrons. The monoisotopic (exact) mass is 290 g/mol. The van der Waals surface area contributed by atoms with E-state index in [1.165, 1.54) is 32.1 Å². The Morgan fingerprint density at radius 1 is 1.38 bits per heavy atom. The molecule has 2 rings (SSSR count). The van der Waals surface area contributed by atoms with Gasteiger partial charge in [-0.1, -0.05) is 25.3 Å². The predicted molar refractivity (Wildman–Crippen MR) is 82.8 cm³/mol. The second-order valence-electron chi connectivity index (χ2n) is 5.95. The third-order valence-corrected chi connectivity index (χ3v) is 4.37. The minimum Gasteiger partial charge on any atom is -0.396 e. The van der Waals surface area contributed by atoms with E-state index in [0.717, 1.165) is 12.0 Å². The van der Waals surface area contributed by atoms with E-state index in [1.807, 2.05) is 12.1 Å². The van der Waals surface area contributed by atoms with E-state index in [9.17, 15) is 9.90 Å². The first-order chi connectivity index (χ1) is 10.3. The van der Waals surface area contributed by atoms with Crippen LogP contribution in [0.5, 0.6) is 0 Å². The lowest BCUT2D eigenvalue weighted by molar-refractivity contribution is -0.122. The molecule has 1 aromatic rings. The summed E-state index contributed by atoms with van der Waals surface area (Å²) in [6, 6.07) is 4.02. The van der Waals surface area contributed by atoms with E-state index in [2.05, 4.69) is 10.3 Å². The van der Waals surface area contributed by atoms with Crippen molar-refractivity contribution in [1.82, 2.24) is 10.3 Å². The zero-order valence-corrected chi connectivity index (χ0v) is 12.6. The molecule has 0 spiro atoms. The number of carbonyl (C=O) groups is 1. The first kappa shape index (κ1) is 16.0. The van der Waals surface area contributed by atoms with Crippen molar-refractivity contribution >= 4 is 5.91 Å². The van der Waals surface area contributed by atoms with Gasteiger partial charge in [0.05, 0.1) is 0 Å². The molecule has 1 amide bonds. The Labute approximate surface area is 127 Å². The smallest absolute Gasteiger partial charge is 0.220 e. The molecular formula is C17H26N2O2. The van der Waals surface area contributed by atoms with Gasteiger partial charge in [0.15, 0.2) is 0 Å². The van der Waals surface area contributed by atoms with Gasteiger partial charge in [-0.15, -0.1) is 0 Å². The van der Waals surface area contributed by atoms with Gasteiger partial charge in [0.25, 0.3) is 0 Å². The highest BCUT2D eigenvalue weighted by molar-refractivity contribution is 5.76. The molecule has 1 fully saturated rings. The van der Waals surface area contributed by atoms with Gasteiger partial charge in [-0.05, 0) is 43.2 Å². The third kappa shape index (κ3) is 5.46. The Morgan fingerprint density at radius 3 is 2.86 bits per heavy atom. The number of aromatic nitrogens is 1. The number of rotatable bonds is 7. The highest BCUT2D eigenvalue weighted by Gasteiger charge is 2.24. The van der Waals surface area contributed by atoms with Gasteiger partial charge in [-0.2, -0.15) is 0 Å². The Morgan fingerprint density at radius 2 is 2.19 bits per heavy atom. The molecule has 0 aromatic carbocycles. The number of aliphatic hydroxyl groups is 1. The summed E-state index contributed by atoms with van der Waals surface area (Å²) in [5.74, 6) is 0.621. The lowest BCUT2D eigenvalue weighted by Crippen LogP contribution is -2.41. The molecule has 0 aliphatic heterocycles. The maximum absolute atomic E-state index is 12.1. The average Bonchev–Trinajstić information content (AvgIpc) is 2.54. The summed E-state index contributed by atoms with van der Waals surface area (Å²) in [5, 5.41) is 12.4. The summed E-state index contributed by atoms with van der Waals surface area (Å²) >= 11 is 0. The molecule has 1 heterocycles. The highest BCUT2D eigenvalue weighted by Crippen LogP contribution is 2.27. The molecule has 1 unspecified atom stereocenters. The van der Waals surface area contributed by atoms with Crippen molar-refractivity contribution in [2.24, 2.45) is 5.92 Å². The number of amides is 1. The van der Waals surface area contributed by atoms with Crippen LogP contribution in [-0.4, -0.2) is 28.6 Å². The van der Waals surface area contributed by atoms with Crippen LogP contribution in [0.3, 0.4) is 0 Å². The van der Waals surface area contributed by atoms with Crippen molar-refractivity contribution in [3.8, 4) is 0 Å². The molecule has 4 nitrogen and oxygen atoms in total. The SMILES string of the molecule is O=C(CCc1cccnc1)NC(CCO)C1CCCCC1. The number of hydrogen-bond donors (Lipinski definition) is 2. The number of carbonyl (C=O) groups excluding carboxylic acids is 1. The minimum atomic E-state index is 0.0860. The van der Waals surface area contributed by atoms with Crippen molar-refractivity contribution < 1.29 is 9.90 Å². The predicted octanol–water partition coefficient (Wildman–Crippen LogP) is 2.46. The van der Waals surface area contributed by atoms with Crippen LogP contribution in [0, 0.1) is 5.92 Å². The van der Waals surface area contributed by atoms with Crippen LogP contribution in [0.1, 0.15) is 50.5 Å². The summed E-state index contributed by atoms with van der Waals surface area (Å²) in [7, 11) is 0. The van der Waals surface area contributed by atoms with Crippen LogP contribution < -0.4 is 5.32 Å². The fourth-order valence-electron chi connectivity index (χ4n) is 3.18. The molecule has 2 N–H and O–H groups in total. The number of nitrogens with zero attached hydrogens (tertiary/aromatic N) is 1. The van der Waals surface area contributed by atoms with Crippen molar-refractivity contribution in [1.29, 1.82) is 0 Å². The maximum Gasteiger partial charge on any atom is 0.220 e. The zero-order valence-electron chi connectivity index (χ0n) is 12.6. The van der Waals surface area contributed by atoms with Crippen LogP contribution in [0.25, 0.3) is 0 Å². The zero-order chi connectivity index (χ0) is 14.9. The van der Waals surface area contributed by atoms with E-state index in [1.54, 1.807) is 12.4 Å². The molecule has 21 heavy (non-hydrogen) atoms. The number of pyridine rings is 1. The molecule has 1 saturated carbocycles. The lowest BCUT2D eigenvalue weighted by atomic mass is 9.82. The molecule has 1 atom stereocenters. The van der Waals surface area contributed by atoms with Crippen LogP contribution in [0.15, 0.2) is 24.5 Å². The van der Waals surface area contributed by atoms with E-state index < -0.39 is 0 Å². The Kier molecular flexibility index (Phi) is 6.67. The van der Waals surface area contributed by atoms with Crippen LogP contribution in [0.2, 0.25) is 0 Å². The summed E-state index contributed by atoms with van der Waals surface area (Å²) in [4.78, 5) is 16.2. The van der Waals surface area contributed by atoms with Crippen LogP contribution in [0.4, 0.5) is 0 Å². The molecule has 4 heteroatoms. The average molecular weight is 290 g/mol. The normalized spacial score (nSPS) is 17.4. The first-order valence-corrected chi connectivity index (χ1v) is 8.08. The highest BCUT2D eigenvalue weighted by atomic mass is 16.3. The molecule has 0 saturated heterocycles. The van der Waals surface area contributed by atoms with Gasteiger partial charge >= 0.3 is 0 Å². The third-order valence-electron chi connectivity index (χ3n) is 4.37. The van der Waals surface area contributed by atoms with Crippen molar-refractivity contribution in [3.63, 3.8) is 0 Å². The second-order valence-corrected chi connectivity index (χ2v) is 5.95. The largest absolute Gasteiger partial charge is 0.396 e. The van der Waals surface area contributed by atoms with E-state index in [-0.39, 0.29) is 18.6 Å². The van der Waals surface area contributed by atoms with Gasteiger partial charge in [0, 0.05) is 31.5 Å². The topological polar surface area (TPSA) is 62.2 Å². The van der Waals surface area contributed by atoms with E-state index in [4.69, 9.17) is 0 Å². The van der Waals surface area contributed by atoms with Crippen molar-refractivity contribution in [2.45, 2.75) is 57.4 Å². The molecular weight excluding hydrogens is 264 g/mol. The molecule has 0 bridgehead atoms. The van der Waals surface area contributed by atoms with E-state index >= 15 is 0 Å². The molecule has 1 aliphatic carbocycles. The maximum atomic E-state index is 12.1. The molecule has 1 aromatic heterocycles. The second kappa shape index (κ2) is 8.78. The first-order valence-electron chi connectivity index (χ1n) is 8.08.